The number of rotatable bonds is 3. The van der Waals surface area contributed by atoms with Crippen molar-refractivity contribution >= 4 is 0 Å². The summed E-state index contributed by atoms with van der Waals surface area (Å²) in [6.45, 7) is 4.47. The van der Waals surface area contributed by atoms with E-state index in [1.807, 2.05) is 0 Å². The van der Waals surface area contributed by atoms with Crippen LogP contribution in [0.25, 0.3) is 0 Å². The Kier molecular flexibility index (Phi) is 2.18. The minimum atomic E-state index is -0.257. The molecule has 1 heteroatoms. The summed E-state index contributed by atoms with van der Waals surface area (Å²) in [6.07, 6.45) is 8.65. The zero-order chi connectivity index (χ0) is 9.53. The summed E-state index contributed by atoms with van der Waals surface area (Å²) in [5.74, 6) is 0.616. The third-order valence-corrected chi connectivity index (χ3v) is 4.72. The summed E-state index contributed by atoms with van der Waals surface area (Å²) < 4.78 is 0. The van der Waals surface area contributed by atoms with Crippen LogP contribution in [0.2, 0.25) is 0 Å². The van der Waals surface area contributed by atoms with Gasteiger partial charge in [0.1, 0.15) is 0 Å². The first-order valence-electron chi connectivity index (χ1n) is 5.91. The van der Waals surface area contributed by atoms with Crippen molar-refractivity contribution in [2.75, 3.05) is 0 Å². The molecule has 0 saturated heterocycles. The van der Waals surface area contributed by atoms with E-state index < -0.39 is 0 Å². The molecule has 2 atom stereocenters. The number of aliphatic hydroxyl groups is 1. The summed E-state index contributed by atoms with van der Waals surface area (Å²) in [5, 5.41) is 10.5. The molecule has 0 aliphatic heterocycles. The minimum Gasteiger partial charge on any atom is -0.389 e. The second-order valence-electron chi connectivity index (χ2n) is 5.07. The second kappa shape index (κ2) is 2.98. The Bertz CT molecular complexity index is 193. The van der Waals surface area contributed by atoms with E-state index in [1.54, 1.807) is 0 Å². The van der Waals surface area contributed by atoms with Gasteiger partial charge in [0.25, 0.3) is 0 Å². The Morgan fingerprint density at radius 2 is 1.85 bits per heavy atom. The second-order valence-corrected chi connectivity index (χ2v) is 5.07. The molecule has 0 aromatic carbocycles. The van der Waals surface area contributed by atoms with Crippen LogP contribution >= 0.6 is 0 Å². The summed E-state index contributed by atoms with van der Waals surface area (Å²) in [6, 6.07) is 0. The summed E-state index contributed by atoms with van der Waals surface area (Å²) in [7, 11) is 0. The van der Waals surface area contributed by atoms with E-state index in [0.29, 0.717) is 11.3 Å². The fourth-order valence-electron chi connectivity index (χ4n) is 3.59. The lowest BCUT2D eigenvalue weighted by atomic mass is 9.74. The van der Waals surface area contributed by atoms with Gasteiger partial charge in [-0.3, -0.25) is 0 Å². The molecule has 1 N–H and O–H groups in total. The van der Waals surface area contributed by atoms with Gasteiger partial charge in [-0.1, -0.05) is 33.1 Å². The summed E-state index contributed by atoms with van der Waals surface area (Å²) in [4.78, 5) is 0. The van der Waals surface area contributed by atoms with Crippen LogP contribution in [0.3, 0.4) is 0 Å². The molecule has 2 saturated carbocycles. The Morgan fingerprint density at radius 1 is 1.23 bits per heavy atom. The highest BCUT2D eigenvalue weighted by atomic mass is 16.3. The Labute approximate surface area is 81.5 Å². The van der Waals surface area contributed by atoms with Crippen LogP contribution < -0.4 is 0 Å². The third kappa shape index (κ3) is 1.16. The van der Waals surface area contributed by atoms with Crippen molar-refractivity contribution in [1.82, 2.24) is 0 Å². The van der Waals surface area contributed by atoms with Crippen LogP contribution in [-0.4, -0.2) is 10.7 Å². The number of hydrogen-bond donors (Lipinski definition) is 1. The fourth-order valence-corrected chi connectivity index (χ4v) is 3.59. The first-order chi connectivity index (χ1) is 6.18. The minimum absolute atomic E-state index is 0.257. The lowest BCUT2D eigenvalue weighted by Gasteiger charge is -2.34. The zero-order valence-electron chi connectivity index (χ0n) is 8.97. The molecular formula is C12H22O. The van der Waals surface area contributed by atoms with Crippen molar-refractivity contribution in [3.8, 4) is 0 Å². The van der Waals surface area contributed by atoms with Gasteiger partial charge in [-0.15, -0.1) is 0 Å². The standard InChI is InChI=1S/C12H22O/c1-3-10-9-12(10,13)11(4-2)7-5-6-8-11/h10,13H,3-9H2,1-2H3. The predicted octanol–water partition coefficient (Wildman–Crippen LogP) is 3.12. The van der Waals surface area contributed by atoms with Gasteiger partial charge >= 0.3 is 0 Å². The smallest absolute Gasteiger partial charge is 0.0736 e. The quantitative estimate of drug-likeness (QED) is 0.711. The highest BCUT2D eigenvalue weighted by Crippen LogP contribution is 2.63. The molecule has 0 aromatic heterocycles. The van der Waals surface area contributed by atoms with Crippen molar-refractivity contribution < 1.29 is 5.11 Å². The molecule has 2 fully saturated rings. The van der Waals surface area contributed by atoms with Crippen LogP contribution in [0.1, 0.15) is 58.8 Å². The van der Waals surface area contributed by atoms with E-state index >= 15 is 0 Å². The van der Waals surface area contributed by atoms with E-state index in [2.05, 4.69) is 13.8 Å². The molecule has 2 unspecified atom stereocenters. The SMILES string of the molecule is CCC1CC1(O)C1(CC)CCCC1. The lowest BCUT2D eigenvalue weighted by molar-refractivity contribution is -0.0135. The third-order valence-electron chi connectivity index (χ3n) is 4.72. The van der Waals surface area contributed by atoms with Crippen molar-refractivity contribution in [1.29, 1.82) is 0 Å². The fraction of sp³-hybridized carbons (Fsp3) is 1.00. The first kappa shape index (κ1) is 9.51. The molecule has 0 aromatic rings. The van der Waals surface area contributed by atoms with Gasteiger partial charge in [-0.2, -0.15) is 0 Å². The Hall–Kier alpha value is -0.0400. The molecule has 2 rings (SSSR count). The van der Waals surface area contributed by atoms with Crippen LogP contribution in [0.5, 0.6) is 0 Å². The van der Waals surface area contributed by atoms with Gasteiger partial charge in [-0.05, 0) is 37.0 Å². The maximum Gasteiger partial charge on any atom is 0.0736 e. The molecular weight excluding hydrogens is 160 g/mol. The topological polar surface area (TPSA) is 20.2 Å². The van der Waals surface area contributed by atoms with E-state index in [4.69, 9.17) is 0 Å². The van der Waals surface area contributed by atoms with Crippen LogP contribution in [0.15, 0.2) is 0 Å². The van der Waals surface area contributed by atoms with Crippen molar-refractivity contribution in [3.63, 3.8) is 0 Å². The van der Waals surface area contributed by atoms with Crippen LogP contribution in [-0.2, 0) is 0 Å². The molecule has 2 aliphatic rings. The summed E-state index contributed by atoms with van der Waals surface area (Å²) in [5.41, 5.74) is 0.0562. The Balaban J connectivity index is 2.13. The highest BCUT2D eigenvalue weighted by molar-refractivity contribution is 5.14. The van der Waals surface area contributed by atoms with Gasteiger partial charge in [0.15, 0.2) is 0 Å². The van der Waals surface area contributed by atoms with Gasteiger partial charge in [0.2, 0.25) is 0 Å². The molecule has 0 bridgehead atoms. The van der Waals surface area contributed by atoms with E-state index in [9.17, 15) is 5.11 Å². The van der Waals surface area contributed by atoms with Crippen molar-refractivity contribution in [3.05, 3.63) is 0 Å². The lowest BCUT2D eigenvalue weighted by Crippen LogP contribution is -2.35. The van der Waals surface area contributed by atoms with E-state index in [0.717, 1.165) is 12.8 Å². The Morgan fingerprint density at radius 3 is 2.23 bits per heavy atom. The molecule has 2 aliphatic carbocycles. The molecule has 1 nitrogen and oxygen atoms in total. The van der Waals surface area contributed by atoms with Gasteiger partial charge in [0.05, 0.1) is 5.60 Å². The van der Waals surface area contributed by atoms with Crippen molar-refractivity contribution in [2.24, 2.45) is 11.3 Å². The maximum atomic E-state index is 10.5. The van der Waals surface area contributed by atoms with Crippen LogP contribution in [0, 0.1) is 11.3 Å². The normalized spacial score (nSPS) is 42.2. The van der Waals surface area contributed by atoms with E-state index in [-0.39, 0.29) is 5.60 Å². The summed E-state index contributed by atoms with van der Waals surface area (Å²) >= 11 is 0. The van der Waals surface area contributed by atoms with Crippen LogP contribution in [0.4, 0.5) is 0 Å². The monoisotopic (exact) mass is 182 g/mol. The molecule has 0 heterocycles. The van der Waals surface area contributed by atoms with Gasteiger partial charge in [-0.25, -0.2) is 0 Å². The van der Waals surface area contributed by atoms with E-state index in [1.165, 1.54) is 32.1 Å². The first-order valence-corrected chi connectivity index (χ1v) is 5.91. The average Bonchev–Trinajstić information content (AvgIpc) is 2.66. The molecule has 0 radical (unpaired) electrons. The molecule has 76 valence electrons. The van der Waals surface area contributed by atoms with Crippen molar-refractivity contribution in [2.45, 2.75) is 64.4 Å². The molecule has 0 spiro atoms. The largest absolute Gasteiger partial charge is 0.389 e. The maximum absolute atomic E-state index is 10.5. The average molecular weight is 182 g/mol. The zero-order valence-corrected chi connectivity index (χ0v) is 8.97. The molecule has 0 amide bonds. The van der Waals surface area contributed by atoms with Gasteiger partial charge < -0.3 is 5.11 Å². The molecule has 13 heavy (non-hydrogen) atoms. The van der Waals surface area contributed by atoms with Gasteiger partial charge in [0, 0.05) is 0 Å². The highest BCUT2D eigenvalue weighted by Gasteiger charge is 2.64. The predicted molar refractivity (Wildman–Crippen MR) is 54.5 cm³/mol. The number of hydrogen-bond acceptors (Lipinski definition) is 1.